The molecule has 2 aromatic rings. The third kappa shape index (κ3) is 4.02. The smallest absolute Gasteiger partial charge is 0.360 e. The first kappa shape index (κ1) is 20.7. The Bertz CT molecular complexity index is 957. The van der Waals surface area contributed by atoms with E-state index in [0.717, 1.165) is 17.0 Å². The second kappa shape index (κ2) is 7.92. The summed E-state index contributed by atoms with van der Waals surface area (Å²) in [4.78, 5) is 29.5. The minimum absolute atomic E-state index is 0.125. The monoisotopic (exact) mass is 438 g/mol. The zero-order valence-electron chi connectivity index (χ0n) is 16.0. The van der Waals surface area contributed by atoms with Crippen LogP contribution >= 0.6 is 11.6 Å². The van der Waals surface area contributed by atoms with Crippen LogP contribution in [-0.2, 0) is 15.8 Å². The van der Waals surface area contributed by atoms with Crippen LogP contribution in [0.25, 0.3) is 0 Å². The average Bonchev–Trinajstić information content (AvgIpc) is 3.02. The number of carbonyl (C=O) groups excluding carboxylic acids is 2. The summed E-state index contributed by atoms with van der Waals surface area (Å²) < 4.78 is 38.9. The van der Waals surface area contributed by atoms with Crippen LogP contribution in [0, 0.1) is 0 Å². The second-order valence-electron chi connectivity index (χ2n) is 7.49. The molecule has 0 unspecified atom stereocenters. The fourth-order valence-corrected chi connectivity index (χ4v) is 4.22. The molecule has 9 heteroatoms. The highest BCUT2D eigenvalue weighted by Gasteiger charge is 2.46. The summed E-state index contributed by atoms with van der Waals surface area (Å²) in [7, 11) is 0. The molecule has 158 valence electrons. The average molecular weight is 439 g/mol. The van der Waals surface area contributed by atoms with E-state index in [-0.39, 0.29) is 18.2 Å². The second-order valence-corrected chi connectivity index (χ2v) is 7.93. The van der Waals surface area contributed by atoms with Crippen molar-refractivity contribution in [3.8, 4) is 0 Å². The standard InChI is InChI=1S/C21H19ClF3N3O2/c22-15-4-6-16(7-5-15)28-19(29)13-18(20(28)30)27-10-8-26(9-11-27)17-3-1-2-14(12-17)21(23,24)25/h1-7,12,18H,8-11,13H2/p+1/t18-/m0/s1. The maximum atomic E-state index is 13.0. The number of hydrogen-bond donors (Lipinski definition) is 1. The molecule has 0 bridgehead atoms. The van der Waals surface area contributed by atoms with Crippen molar-refractivity contribution in [2.45, 2.75) is 18.6 Å². The molecule has 0 aromatic heterocycles. The van der Waals surface area contributed by atoms with Gasteiger partial charge in [0.1, 0.15) is 0 Å². The summed E-state index contributed by atoms with van der Waals surface area (Å²) in [6.45, 7) is 2.15. The summed E-state index contributed by atoms with van der Waals surface area (Å²) in [5.74, 6) is -0.495. The van der Waals surface area contributed by atoms with Crippen LogP contribution in [0.5, 0.6) is 0 Å². The Morgan fingerprint density at radius 2 is 1.63 bits per heavy atom. The molecule has 2 aliphatic heterocycles. The van der Waals surface area contributed by atoms with E-state index >= 15 is 0 Å². The molecule has 0 saturated carbocycles. The van der Waals surface area contributed by atoms with Crippen molar-refractivity contribution in [3.63, 3.8) is 0 Å². The Kier molecular flexibility index (Phi) is 5.46. The highest BCUT2D eigenvalue weighted by Crippen LogP contribution is 2.31. The van der Waals surface area contributed by atoms with Crippen LogP contribution in [0.2, 0.25) is 5.02 Å². The molecule has 4 rings (SSSR count). The van der Waals surface area contributed by atoms with E-state index in [9.17, 15) is 22.8 Å². The number of halogens is 4. The van der Waals surface area contributed by atoms with Crippen molar-refractivity contribution < 1.29 is 27.7 Å². The van der Waals surface area contributed by atoms with Crippen LogP contribution < -0.4 is 14.7 Å². The summed E-state index contributed by atoms with van der Waals surface area (Å²) in [6, 6.07) is 11.3. The molecule has 2 amide bonds. The SMILES string of the molecule is O=C1C[C@H]([NH+]2CCN(c3cccc(C(F)(F)F)c3)CC2)C(=O)N1c1ccc(Cl)cc1. The number of quaternary nitrogens is 1. The molecule has 0 radical (unpaired) electrons. The van der Waals surface area contributed by atoms with Crippen molar-refractivity contribution >= 4 is 34.8 Å². The Labute approximate surface area is 176 Å². The van der Waals surface area contributed by atoms with Crippen LogP contribution in [-0.4, -0.2) is 44.0 Å². The molecule has 2 aromatic carbocycles. The number of nitrogens with zero attached hydrogens (tertiary/aromatic N) is 2. The quantitative estimate of drug-likeness (QED) is 0.749. The zero-order chi connectivity index (χ0) is 21.5. The number of amides is 2. The molecule has 2 heterocycles. The van der Waals surface area contributed by atoms with Crippen LogP contribution in [0.1, 0.15) is 12.0 Å². The lowest BCUT2D eigenvalue weighted by Gasteiger charge is -2.35. The van der Waals surface area contributed by atoms with E-state index in [0.29, 0.717) is 42.6 Å². The highest BCUT2D eigenvalue weighted by atomic mass is 35.5. The maximum absolute atomic E-state index is 13.0. The van der Waals surface area contributed by atoms with Gasteiger partial charge in [-0.15, -0.1) is 0 Å². The fourth-order valence-electron chi connectivity index (χ4n) is 4.09. The van der Waals surface area contributed by atoms with E-state index < -0.39 is 17.8 Å². The van der Waals surface area contributed by atoms with Gasteiger partial charge >= 0.3 is 6.18 Å². The number of anilines is 2. The van der Waals surface area contributed by atoms with Gasteiger partial charge < -0.3 is 9.80 Å². The Morgan fingerprint density at radius 3 is 2.27 bits per heavy atom. The highest BCUT2D eigenvalue weighted by molar-refractivity contribution is 6.30. The largest absolute Gasteiger partial charge is 0.416 e. The van der Waals surface area contributed by atoms with Gasteiger partial charge in [0.25, 0.3) is 5.91 Å². The van der Waals surface area contributed by atoms with Gasteiger partial charge in [-0.05, 0) is 42.5 Å². The zero-order valence-corrected chi connectivity index (χ0v) is 16.7. The summed E-state index contributed by atoms with van der Waals surface area (Å²) in [5.41, 5.74) is 0.337. The fraction of sp³-hybridized carbons (Fsp3) is 0.333. The van der Waals surface area contributed by atoms with Gasteiger partial charge in [0.2, 0.25) is 5.91 Å². The van der Waals surface area contributed by atoms with Gasteiger partial charge in [-0.1, -0.05) is 17.7 Å². The third-order valence-electron chi connectivity index (χ3n) is 5.67. The molecule has 0 aliphatic carbocycles. The van der Waals surface area contributed by atoms with Crippen molar-refractivity contribution in [1.29, 1.82) is 0 Å². The molecule has 2 saturated heterocycles. The molecule has 30 heavy (non-hydrogen) atoms. The minimum atomic E-state index is -4.38. The molecular weight excluding hydrogens is 419 g/mol. The normalized spacial score (nSPS) is 20.9. The molecule has 5 nitrogen and oxygen atoms in total. The lowest BCUT2D eigenvalue weighted by Crippen LogP contribution is -3.19. The predicted octanol–water partition coefficient (Wildman–Crippen LogP) is 2.40. The molecule has 2 fully saturated rings. The number of alkyl halides is 3. The van der Waals surface area contributed by atoms with Crippen molar-refractivity contribution in [1.82, 2.24) is 0 Å². The van der Waals surface area contributed by atoms with Gasteiger partial charge in [0.05, 0.1) is 43.9 Å². The molecule has 1 N–H and O–H groups in total. The topological polar surface area (TPSA) is 45.1 Å². The first-order valence-electron chi connectivity index (χ1n) is 9.63. The van der Waals surface area contributed by atoms with Gasteiger partial charge in [-0.3, -0.25) is 9.59 Å². The third-order valence-corrected chi connectivity index (χ3v) is 5.92. The minimum Gasteiger partial charge on any atom is -0.360 e. The van der Waals surface area contributed by atoms with Crippen molar-refractivity contribution in [2.24, 2.45) is 0 Å². The number of rotatable bonds is 3. The summed E-state index contributed by atoms with van der Waals surface area (Å²) in [5, 5.41) is 0.519. The molecule has 0 spiro atoms. The summed E-state index contributed by atoms with van der Waals surface area (Å²) >= 11 is 5.88. The van der Waals surface area contributed by atoms with Crippen LogP contribution in [0.15, 0.2) is 48.5 Å². The molecular formula is C21H20ClF3N3O2+. The molecule has 1 atom stereocenters. The van der Waals surface area contributed by atoms with Gasteiger partial charge in [0.15, 0.2) is 6.04 Å². The number of hydrogen-bond acceptors (Lipinski definition) is 3. The van der Waals surface area contributed by atoms with Crippen molar-refractivity contribution in [2.75, 3.05) is 36.0 Å². The Balaban J connectivity index is 1.43. The number of benzene rings is 2. The first-order valence-corrected chi connectivity index (χ1v) is 10.0. The van der Waals surface area contributed by atoms with Gasteiger partial charge in [-0.25, -0.2) is 4.90 Å². The Hall–Kier alpha value is -2.58. The maximum Gasteiger partial charge on any atom is 0.416 e. The van der Waals surface area contributed by atoms with Gasteiger partial charge in [-0.2, -0.15) is 13.2 Å². The lowest BCUT2D eigenvalue weighted by atomic mass is 10.1. The lowest BCUT2D eigenvalue weighted by molar-refractivity contribution is -0.915. The van der Waals surface area contributed by atoms with E-state index in [1.807, 2.05) is 4.90 Å². The number of nitrogens with one attached hydrogen (secondary N) is 1. The van der Waals surface area contributed by atoms with Crippen LogP contribution in [0.4, 0.5) is 24.5 Å². The molecule has 2 aliphatic rings. The number of piperazine rings is 1. The van der Waals surface area contributed by atoms with Gasteiger partial charge in [0, 0.05) is 10.7 Å². The number of imide groups is 1. The van der Waals surface area contributed by atoms with Crippen LogP contribution in [0.3, 0.4) is 0 Å². The van der Waals surface area contributed by atoms with E-state index in [2.05, 4.69) is 0 Å². The van der Waals surface area contributed by atoms with E-state index in [4.69, 9.17) is 11.6 Å². The van der Waals surface area contributed by atoms with E-state index in [1.54, 1.807) is 30.3 Å². The first-order chi connectivity index (χ1) is 14.2. The summed E-state index contributed by atoms with van der Waals surface area (Å²) in [6.07, 6.45) is -4.26. The van der Waals surface area contributed by atoms with E-state index in [1.165, 1.54) is 11.0 Å². The Morgan fingerprint density at radius 1 is 0.967 bits per heavy atom. The number of carbonyl (C=O) groups is 2. The predicted molar refractivity (Wildman–Crippen MR) is 107 cm³/mol. The van der Waals surface area contributed by atoms with Crippen molar-refractivity contribution in [3.05, 3.63) is 59.1 Å².